The van der Waals surface area contributed by atoms with E-state index in [-0.39, 0.29) is 36.5 Å². The monoisotopic (exact) mass is 646 g/mol. The first-order valence-electron chi connectivity index (χ1n) is 17.5. The average Bonchev–Trinajstić information content (AvgIpc) is 3.77. The molecule has 4 atom stereocenters. The Hall–Kier alpha value is -3.72. The Morgan fingerprint density at radius 3 is 1.36 bits per heavy atom. The maximum atomic E-state index is 13.2. The number of carbonyl (C=O) groups excluding carboxylic acids is 4. The zero-order valence-corrected chi connectivity index (χ0v) is 28.8. The van der Waals surface area contributed by atoms with E-state index in [1.54, 1.807) is 15.1 Å². The number of amides is 2. The number of rotatable bonds is 8. The first kappa shape index (κ1) is 33.2. The van der Waals surface area contributed by atoms with E-state index in [1.165, 1.54) is 0 Å². The second-order valence-corrected chi connectivity index (χ2v) is 15.2. The number of nitrogens with zero attached hydrogens (tertiary/aromatic N) is 2. The standard InChI is InChI=1S/C38H51N3O6/c1-37(2,3)46-35(44)40-21-7-9-31(40)33(42)23-25-11-15-27(16-12-25)29-19-20-30(39-29)28-17-13-26(14-18-28)24-34(43)32-10-8-22-41(32)36(45)47-38(4,5)6/h11-18,29-32,39H,7-10,19-24H2,1-6H3/t29?,30?,31-,32-/m0/s1/i/hD. The Labute approximate surface area is 280 Å². The zero-order valence-electron chi connectivity index (χ0n) is 29.8. The van der Waals surface area contributed by atoms with Crippen molar-refractivity contribution in [3.63, 3.8) is 0 Å². The van der Waals surface area contributed by atoms with Crippen molar-refractivity contribution in [3.05, 3.63) is 70.8 Å². The van der Waals surface area contributed by atoms with Gasteiger partial charge >= 0.3 is 12.2 Å². The van der Waals surface area contributed by atoms with Crippen LogP contribution in [-0.4, -0.2) is 69.9 Å². The summed E-state index contributed by atoms with van der Waals surface area (Å²) in [7, 11) is 0. The van der Waals surface area contributed by atoms with Crippen LogP contribution in [0.5, 0.6) is 0 Å². The van der Waals surface area contributed by atoms with E-state index in [2.05, 4.69) is 0 Å². The van der Waals surface area contributed by atoms with Gasteiger partial charge in [0.1, 0.15) is 12.6 Å². The number of ether oxygens (including phenoxy) is 2. The molecule has 47 heavy (non-hydrogen) atoms. The first-order valence-corrected chi connectivity index (χ1v) is 17.1. The van der Waals surface area contributed by atoms with Crippen LogP contribution < -0.4 is 5.31 Å². The van der Waals surface area contributed by atoms with Gasteiger partial charge in [0.15, 0.2) is 11.6 Å². The molecule has 0 aromatic heterocycles. The summed E-state index contributed by atoms with van der Waals surface area (Å²) in [6.07, 6.45) is 4.17. The maximum Gasteiger partial charge on any atom is 0.410 e. The molecule has 3 fully saturated rings. The predicted octanol–water partition coefficient (Wildman–Crippen LogP) is 6.87. The Kier molecular flexibility index (Phi) is 10.0. The fourth-order valence-electron chi connectivity index (χ4n) is 6.82. The third kappa shape index (κ3) is 9.01. The highest BCUT2D eigenvalue weighted by Crippen LogP contribution is 2.35. The highest BCUT2D eigenvalue weighted by atomic mass is 16.6. The quantitative estimate of drug-likeness (QED) is 0.334. The molecule has 1 N–H and O–H groups in total. The minimum absolute atomic E-state index is 0.0166. The molecule has 3 saturated heterocycles. The molecule has 254 valence electrons. The second-order valence-electron chi connectivity index (χ2n) is 15.2. The fourth-order valence-corrected chi connectivity index (χ4v) is 6.82. The van der Waals surface area contributed by atoms with Crippen LogP contribution in [-0.2, 0) is 31.9 Å². The summed E-state index contributed by atoms with van der Waals surface area (Å²) >= 11 is 0. The lowest BCUT2D eigenvalue weighted by Gasteiger charge is -2.28. The number of ketones is 2. The minimum atomic E-state index is -0.610. The number of nitrogens with one attached hydrogen (secondary N) is 1. The molecule has 2 aromatic rings. The van der Waals surface area contributed by atoms with Gasteiger partial charge in [-0.15, -0.1) is 0 Å². The molecule has 0 radical (unpaired) electrons. The summed E-state index contributed by atoms with van der Waals surface area (Å²) < 4.78 is 20.0. The highest BCUT2D eigenvalue weighted by molar-refractivity contribution is 5.90. The number of Topliss-reactive ketones (excluding diaryl/α,β-unsaturated/α-hetero) is 2. The van der Waals surface area contributed by atoms with Gasteiger partial charge in [0.2, 0.25) is 0 Å². The number of benzene rings is 2. The highest BCUT2D eigenvalue weighted by Gasteiger charge is 2.37. The van der Waals surface area contributed by atoms with E-state index in [4.69, 9.17) is 10.9 Å². The Balaban J connectivity index is 1.15. The van der Waals surface area contributed by atoms with Crippen LogP contribution in [0.4, 0.5) is 9.59 Å². The van der Waals surface area contributed by atoms with Gasteiger partial charge in [0.25, 0.3) is 0 Å². The lowest BCUT2D eigenvalue weighted by atomic mass is 9.98. The Morgan fingerprint density at radius 1 is 0.660 bits per heavy atom. The van der Waals surface area contributed by atoms with E-state index < -0.39 is 35.5 Å². The fraction of sp³-hybridized carbons (Fsp3) is 0.579. The van der Waals surface area contributed by atoms with Crippen molar-refractivity contribution in [1.29, 1.82) is 0 Å². The molecule has 0 aliphatic carbocycles. The third-order valence-corrected chi connectivity index (χ3v) is 9.06. The van der Waals surface area contributed by atoms with Gasteiger partial charge in [-0.2, -0.15) is 0 Å². The summed E-state index contributed by atoms with van der Waals surface area (Å²) in [6.45, 7) is 12.0. The molecule has 5 rings (SSSR count). The smallest absolute Gasteiger partial charge is 0.410 e. The molecule has 2 unspecified atom stereocenters. The van der Waals surface area contributed by atoms with Gasteiger partial charge in [0, 0.05) is 38.0 Å². The van der Waals surface area contributed by atoms with Gasteiger partial charge < -0.3 is 14.8 Å². The number of hydrogen-bond acceptors (Lipinski definition) is 7. The summed E-state index contributed by atoms with van der Waals surface area (Å²) in [5.41, 5.74) is 2.63. The molecular weight excluding hydrogens is 594 g/mol. The summed E-state index contributed by atoms with van der Waals surface area (Å²) in [4.78, 5) is 54.8. The molecule has 0 saturated carbocycles. The van der Waals surface area contributed by atoms with E-state index in [0.29, 0.717) is 25.9 Å². The first-order chi connectivity index (χ1) is 22.6. The minimum Gasteiger partial charge on any atom is -0.444 e. The van der Waals surface area contributed by atoms with Crippen molar-refractivity contribution in [3.8, 4) is 0 Å². The van der Waals surface area contributed by atoms with Crippen LogP contribution in [0, 0.1) is 0 Å². The molecule has 3 heterocycles. The van der Waals surface area contributed by atoms with Gasteiger partial charge in [-0.3, -0.25) is 19.4 Å². The third-order valence-electron chi connectivity index (χ3n) is 9.06. The molecule has 3 aliphatic rings. The summed E-state index contributed by atoms with van der Waals surface area (Å²) in [5, 5.41) is 1.66. The summed E-state index contributed by atoms with van der Waals surface area (Å²) in [6, 6.07) is 14.8. The van der Waals surface area contributed by atoms with Gasteiger partial charge in [-0.05, 0) is 102 Å². The van der Waals surface area contributed by atoms with Gasteiger partial charge in [0.05, 0.1) is 12.1 Å². The Bertz CT molecular complexity index is 1370. The van der Waals surface area contributed by atoms with Crippen LogP contribution in [0.2, 0.25) is 1.41 Å². The molecule has 3 aliphatic heterocycles. The van der Waals surface area contributed by atoms with Crippen molar-refractivity contribution in [2.75, 3.05) is 13.1 Å². The molecule has 0 spiro atoms. The van der Waals surface area contributed by atoms with Crippen LogP contribution in [0.25, 0.3) is 0 Å². The largest absolute Gasteiger partial charge is 0.444 e. The predicted molar refractivity (Wildman–Crippen MR) is 180 cm³/mol. The second kappa shape index (κ2) is 14.2. The van der Waals surface area contributed by atoms with Crippen molar-refractivity contribution in [1.82, 2.24) is 15.1 Å². The molecular formula is C38H51N3O6. The van der Waals surface area contributed by atoms with E-state index in [9.17, 15) is 19.2 Å². The lowest BCUT2D eigenvalue weighted by molar-refractivity contribution is -0.123. The van der Waals surface area contributed by atoms with Gasteiger partial charge in [-0.1, -0.05) is 48.5 Å². The Morgan fingerprint density at radius 2 is 1.02 bits per heavy atom. The van der Waals surface area contributed by atoms with Crippen LogP contribution >= 0.6 is 0 Å². The lowest BCUT2D eigenvalue weighted by Crippen LogP contribution is -2.43. The van der Waals surface area contributed by atoms with E-state index in [1.807, 2.05) is 90.1 Å². The topological polar surface area (TPSA) is 105 Å². The van der Waals surface area contributed by atoms with Crippen molar-refractivity contribution in [2.24, 2.45) is 0 Å². The normalized spacial score (nSPS) is 23.9. The zero-order chi connectivity index (χ0) is 34.8. The number of hydrogen-bond donors (Lipinski definition) is 1. The van der Waals surface area contributed by atoms with Crippen molar-refractivity contribution < 1.29 is 30.1 Å². The number of carbonyl (C=O) groups is 4. The number of likely N-dealkylation sites (tertiary alicyclic amines) is 2. The van der Waals surface area contributed by atoms with Crippen LogP contribution in [0.15, 0.2) is 48.5 Å². The molecule has 0 bridgehead atoms. The maximum absolute atomic E-state index is 13.2. The van der Waals surface area contributed by atoms with Crippen molar-refractivity contribution >= 4 is 23.8 Å². The SMILES string of the molecule is [2H]N1C(c2ccc(CC(=O)[C@@H]3CCCN3C(=O)OC(C)(C)C)cc2)CCC1c1ccc(CC(=O)[C@@H]2CCCN2C(=O)OC(C)(C)C)cc1. The van der Waals surface area contributed by atoms with E-state index in [0.717, 1.165) is 47.9 Å². The molecule has 2 amide bonds. The summed E-state index contributed by atoms with van der Waals surface area (Å²) in [5.74, 6) is 0.0332. The van der Waals surface area contributed by atoms with Crippen molar-refractivity contribution in [2.45, 2.75) is 128 Å². The molecule has 2 aromatic carbocycles. The van der Waals surface area contributed by atoms with Crippen LogP contribution in [0.3, 0.4) is 0 Å². The van der Waals surface area contributed by atoms with Gasteiger partial charge in [-0.25, -0.2) is 9.59 Å². The average molecular weight is 647 g/mol. The molecule has 9 nitrogen and oxygen atoms in total. The van der Waals surface area contributed by atoms with Crippen LogP contribution in [0.1, 0.15) is 114 Å². The van der Waals surface area contributed by atoms with E-state index >= 15 is 0 Å². The molecule has 9 heteroatoms.